The maximum atomic E-state index is 13.4. The predicted molar refractivity (Wildman–Crippen MR) is 373 cm³/mol. The monoisotopic (exact) mass is 2090 g/mol. The molecule has 71 nitrogen and oxygen atoms in total. The first-order valence-electron chi connectivity index (χ1n) is 34.9. The van der Waals surface area contributed by atoms with E-state index in [-0.39, 0.29) is 6.08 Å². The molecule has 0 spiro atoms. The topological polar surface area (TPSA) is 1090 Å². The zero-order valence-corrected chi connectivity index (χ0v) is 70.6. The van der Waals surface area contributed by atoms with Crippen molar-refractivity contribution in [1.29, 1.82) is 0 Å². The van der Waals surface area contributed by atoms with Crippen molar-refractivity contribution >= 4 is 123 Å². The Kier molecular flexibility index (Phi) is 34.7. The lowest BCUT2D eigenvalue weighted by atomic mass is 9.93. The Bertz CT molecular complexity index is 5190. The van der Waals surface area contributed by atoms with Gasteiger partial charge in [0.25, 0.3) is 0 Å². The normalized spacial score (nSPS) is 40.4. The molecule has 0 aromatic heterocycles. The van der Waals surface area contributed by atoms with Crippen molar-refractivity contribution in [3.05, 3.63) is 11.8 Å². The molecule has 2 bridgehead atoms. The van der Waals surface area contributed by atoms with Gasteiger partial charge in [-0.1, -0.05) is 0 Å². The number of aliphatic hydroxyl groups is 9. The number of aliphatic carboxylic acids is 4. The van der Waals surface area contributed by atoms with Crippen LogP contribution in [0, 0.1) is 0 Å². The number of carboxylic acid groups (broad SMARTS) is 4. The first kappa shape index (κ1) is 108. The number of carbonyl (C=O) groups is 5. The van der Waals surface area contributed by atoms with Gasteiger partial charge in [0.2, 0.25) is 18.0 Å². The van der Waals surface area contributed by atoms with Gasteiger partial charge in [0.05, 0.1) is 26.4 Å². The van der Waals surface area contributed by atoms with E-state index in [9.17, 15) is 207 Å². The van der Waals surface area contributed by atoms with Crippen LogP contribution in [0.2, 0.25) is 0 Å². The lowest BCUT2D eigenvalue weighted by molar-refractivity contribution is -0.379. The molecule has 130 heavy (non-hydrogen) atoms. The summed E-state index contributed by atoms with van der Waals surface area (Å²) in [6.45, 7) is -5.77. The number of ether oxygens (including phenoxy) is 16. The molecule has 80 heteroatoms. The van der Waals surface area contributed by atoms with Gasteiger partial charge < -0.3 is 147 Å². The van der Waals surface area contributed by atoms with Crippen LogP contribution < -0.4 is 19.5 Å². The Morgan fingerprint density at radius 2 is 0.685 bits per heavy atom. The third-order valence-electron chi connectivity index (χ3n) is 18.9. The van der Waals surface area contributed by atoms with E-state index >= 15 is 0 Å². The number of fused-ring (bicyclic) bond motifs is 2. The lowest BCUT2D eigenvalue weighted by Gasteiger charge is -2.50. The van der Waals surface area contributed by atoms with E-state index in [1.165, 1.54) is 9.44 Å². The van der Waals surface area contributed by atoms with Crippen LogP contribution in [0.3, 0.4) is 0 Å². The Balaban J connectivity index is 0.999. The number of carbonyl (C=O) groups excluding carboxylic acids is 1. The maximum Gasteiger partial charge on any atom is 0.397 e. The van der Waals surface area contributed by atoms with E-state index in [4.69, 9.17) is 75.8 Å². The fraction of sp³-hybridized carbons (Fsp3) is 0.860. The van der Waals surface area contributed by atoms with Gasteiger partial charge in [-0.2, -0.15) is 89.9 Å². The van der Waals surface area contributed by atoms with Crippen molar-refractivity contribution in [3.63, 3.8) is 0 Å². The first-order valence-corrected chi connectivity index (χ1v) is 47.4. The van der Waals surface area contributed by atoms with Gasteiger partial charge in [0.1, 0.15) is 152 Å². The summed E-state index contributed by atoms with van der Waals surface area (Å²) in [4.78, 5) is 64.5. The van der Waals surface area contributed by atoms with Gasteiger partial charge in [-0.25, -0.2) is 44.3 Å². The standard InChI is InChI=1S/C50H76N4O67S9/c1-7(55)51-14-18(57)28(109-47-23(62)21(60)33(37(116-47)41(69)70)114-45-16(53-123(76,77)78)20(59)29(12(107-45)5-102-126(85,86)87)110-49-26(119-128(91,92)93)8(56)2-9(104-49)39(65)66)11(4-101-125(82,83)84)106-44(14)113-32-22(61)24(63)48(117-36(32)40(67)68)112-30-13(6-103-127(88,89)90)108-46(17(54-124(79,80)81)31(30)120-129(94,95)96)115-34-25(64)35(121-130(97,98)99)50(118-38(34)42(71)72)111-27-10-3-100-43(105-10)15(19(27)58)52-122(73,74)75/h2,8,10-38,43-50,52-54,56-64H,3-6H2,1H3,(H,51,55)(H,65,66)(H,67,68)(H,69,70)(H,71,72)(H,73,74,75)(H,76,77,78)(H,79,80,81)(H,82,83,84)(H,85,86,87)(H,88,89,90)(H,91,92,93)(H,94,95,96)(H,97,98,99)/t8-,10+,11+,12+,13+,14+,15+,16+,17+,18+,19+,20+,21+,22+,23+,24+,25-,26+,27+,28+,29+,30+,31+,32-,33-,34-,35+,36-,37+,38+,43-,44+,45+,46+,47+,48+,49-,50+/m0/s1. The van der Waals surface area contributed by atoms with Crippen LogP contribution in [-0.2, 0) is 218 Å². The predicted octanol–water partition coefficient (Wildman–Crippen LogP) is -18.6. The van der Waals surface area contributed by atoms with Gasteiger partial charge in [-0.05, 0) is 6.08 Å². The summed E-state index contributed by atoms with van der Waals surface area (Å²) in [6, 6.07) is -10.8. The minimum absolute atomic E-state index is 0.228. The summed E-state index contributed by atoms with van der Waals surface area (Å²) in [5.41, 5.74) is 0. The molecule has 9 aliphatic rings. The minimum Gasteiger partial charge on any atom is -0.479 e. The molecule has 38 atom stereocenters. The second kappa shape index (κ2) is 41.6. The quantitative estimate of drug-likeness (QED) is 0.0253. The smallest absolute Gasteiger partial charge is 0.397 e. The number of nitrogens with one attached hydrogen (secondary N) is 4. The summed E-state index contributed by atoms with van der Waals surface area (Å²) in [5.74, 6) is -12.2. The number of aliphatic hydroxyl groups excluding tert-OH is 9. The van der Waals surface area contributed by atoms with Crippen LogP contribution in [0.4, 0.5) is 0 Å². The molecular weight excluding hydrogens is 2020 g/mol. The number of rotatable bonds is 40. The number of carboxylic acids is 4. The Hall–Kier alpha value is -5.24. The molecule has 0 radical (unpaired) electrons. The Morgan fingerprint density at radius 1 is 0.346 bits per heavy atom. The van der Waals surface area contributed by atoms with E-state index in [2.05, 4.69) is 25.1 Å². The largest absolute Gasteiger partial charge is 0.479 e. The lowest BCUT2D eigenvalue weighted by Crippen LogP contribution is -2.71. The van der Waals surface area contributed by atoms with Crippen molar-refractivity contribution in [3.8, 4) is 0 Å². The number of hydrogen-bond donors (Lipinski definition) is 26. The van der Waals surface area contributed by atoms with Crippen LogP contribution in [-0.4, -0.2) is 473 Å². The number of amides is 1. The molecule has 8 saturated heterocycles. The molecular formula is C50H76N4O67S9. The fourth-order valence-electron chi connectivity index (χ4n) is 13.9. The summed E-state index contributed by atoms with van der Waals surface area (Å²) < 4.78 is 426. The molecule has 9 rings (SSSR count). The van der Waals surface area contributed by atoms with Gasteiger partial charge in [-0.15, -0.1) is 0 Å². The van der Waals surface area contributed by atoms with Gasteiger partial charge in [-0.3, -0.25) is 45.8 Å². The van der Waals surface area contributed by atoms with Crippen LogP contribution in [0.1, 0.15) is 6.92 Å². The van der Waals surface area contributed by atoms with Crippen LogP contribution in [0.15, 0.2) is 11.8 Å². The van der Waals surface area contributed by atoms with Gasteiger partial charge in [0, 0.05) is 6.92 Å². The van der Waals surface area contributed by atoms with Crippen molar-refractivity contribution in [1.82, 2.24) is 19.5 Å². The van der Waals surface area contributed by atoms with E-state index in [0.29, 0.717) is 6.92 Å². The average molecular weight is 2090 g/mol. The molecule has 8 fully saturated rings. The third kappa shape index (κ3) is 28.7. The average Bonchev–Trinajstić information content (AvgIpc) is 0.887. The fourth-order valence-corrected chi connectivity index (χ4v) is 18.0. The molecule has 9 aliphatic heterocycles. The summed E-state index contributed by atoms with van der Waals surface area (Å²) in [7, 11) is -53.3. The summed E-state index contributed by atoms with van der Waals surface area (Å²) >= 11 is 0. The highest BCUT2D eigenvalue weighted by atomic mass is 32.3. The number of hydrogen-bond acceptors (Lipinski definition) is 54. The minimum atomic E-state index is -6.44. The van der Waals surface area contributed by atoms with Crippen molar-refractivity contribution < 1.29 is 308 Å². The third-order valence-corrected chi connectivity index (χ3v) is 23.3. The second-order valence-electron chi connectivity index (χ2n) is 27.9. The summed E-state index contributed by atoms with van der Waals surface area (Å²) in [6.07, 6.45) is -97.3. The summed E-state index contributed by atoms with van der Waals surface area (Å²) in [5, 5.41) is 148. The van der Waals surface area contributed by atoms with E-state index in [1.807, 2.05) is 5.32 Å². The SMILES string of the molecule is CC(=O)N[C@H]1[C@@H](O[C@H]2[C@H](O)[C@@H](O)[C@H](O[C@H]3[C@H](OS(=O)(=O)O)[C@@H](NS(=O)(=O)O)[C@@H](O[C@H]4[C@H](O)[C@@H](OS(=O)(=O)O)[C@H](O[C@H]5[C@H](O)[C@@H](NS(=O)(=O)O)[C@H]6OC[C@H]5O6)O[C@H]4C(=O)O)O[C@@H]3COS(=O)(=O)O)O[C@@H]2C(=O)O)O[C@H](COS(=O)(=O)O)[C@@H](O[C@@H]2O[C@@H](C(=O)O)[C@@H](O[C@H]3O[C@H](COS(=O)(=O)O)[C@@H](O[C@@H]4OC(C(=O)O)=C[C@H](O)[C@H]4OS(=O)(=O)O)[C@H](O)[C@H]3NS(=O)(=O)O)[C@H](O)[C@H]2O)[C@@H]1O. The molecule has 26 N–H and O–H groups in total. The van der Waals surface area contributed by atoms with Crippen molar-refractivity contribution in [2.75, 3.05) is 26.4 Å². The first-order chi connectivity index (χ1) is 59.4. The maximum absolute atomic E-state index is 13.4. The second-order valence-corrected chi connectivity index (χ2v) is 37.9. The van der Waals surface area contributed by atoms with E-state index in [1.54, 1.807) is 0 Å². The molecule has 1 amide bonds. The van der Waals surface area contributed by atoms with Crippen molar-refractivity contribution in [2.45, 2.75) is 240 Å². The Labute approximate surface area is 725 Å². The van der Waals surface area contributed by atoms with Crippen LogP contribution in [0.25, 0.3) is 0 Å². The molecule has 9 heterocycles. The molecule has 0 saturated carbocycles. The highest BCUT2D eigenvalue weighted by Crippen LogP contribution is 2.42. The highest BCUT2D eigenvalue weighted by molar-refractivity contribution is 7.84. The van der Waals surface area contributed by atoms with E-state index in [0.717, 1.165) is 4.72 Å². The van der Waals surface area contributed by atoms with Gasteiger partial charge in [0.15, 0.2) is 74.6 Å². The highest BCUT2D eigenvalue weighted by Gasteiger charge is 2.64. The van der Waals surface area contributed by atoms with Crippen molar-refractivity contribution in [2.24, 2.45) is 0 Å². The van der Waals surface area contributed by atoms with Crippen LogP contribution >= 0.6 is 0 Å². The zero-order valence-electron chi connectivity index (χ0n) is 63.2. The van der Waals surface area contributed by atoms with E-state index < -0.39 is 388 Å². The molecule has 0 aromatic carbocycles. The molecule has 0 aliphatic carbocycles. The van der Waals surface area contributed by atoms with Gasteiger partial charge >= 0.3 is 117 Å². The zero-order chi connectivity index (χ0) is 97.8. The molecule has 0 unspecified atom stereocenters. The molecule has 0 aromatic rings. The molecule has 752 valence electrons. The van der Waals surface area contributed by atoms with Crippen LogP contribution in [0.5, 0.6) is 0 Å². The Morgan fingerprint density at radius 3 is 1.09 bits per heavy atom.